The molecule has 0 aliphatic carbocycles. The number of rotatable bonds is 10. The van der Waals surface area contributed by atoms with Crippen molar-refractivity contribution in [2.75, 3.05) is 12.9 Å². The van der Waals surface area contributed by atoms with Gasteiger partial charge in [-0.25, -0.2) is 0 Å². The van der Waals surface area contributed by atoms with Gasteiger partial charge in [0.25, 0.3) is 0 Å². The molecule has 0 heterocycles. The van der Waals surface area contributed by atoms with E-state index >= 15 is 0 Å². The van der Waals surface area contributed by atoms with Crippen molar-refractivity contribution < 1.29 is 22.1 Å². The number of ether oxygens (including phenoxy) is 1. The Kier molecular flexibility index (Phi) is 8.16. The number of Topliss-reactive ketones (excluding diaryl/α,β-unsaturated/α-hetero) is 1. The van der Waals surface area contributed by atoms with Crippen molar-refractivity contribution in [3.05, 3.63) is 59.2 Å². The quantitative estimate of drug-likeness (QED) is 0.426. The highest BCUT2D eigenvalue weighted by Gasteiger charge is 2.31. The van der Waals surface area contributed by atoms with E-state index in [1.54, 1.807) is 12.1 Å². The first kappa shape index (κ1) is 25.9. The Bertz CT molecular complexity index is 1030. The number of carbonyl (C=O) groups excluding carboxylic acids is 1. The summed E-state index contributed by atoms with van der Waals surface area (Å²) in [6.45, 7) is 12.1. The molecule has 32 heavy (non-hydrogen) atoms. The van der Waals surface area contributed by atoms with E-state index < -0.39 is 15.5 Å². The van der Waals surface area contributed by atoms with E-state index in [0.717, 1.165) is 42.4 Å². The Balaban J connectivity index is 2.39. The van der Waals surface area contributed by atoms with Gasteiger partial charge in [-0.3, -0.25) is 4.79 Å². The lowest BCUT2D eigenvalue weighted by molar-refractivity contribution is -0.128. The highest BCUT2D eigenvalue weighted by molar-refractivity contribution is 7.86. The first-order valence-corrected chi connectivity index (χ1v) is 13.0. The molecule has 0 fully saturated rings. The number of carbonyl (C=O) groups is 1. The number of benzene rings is 2. The summed E-state index contributed by atoms with van der Waals surface area (Å²) in [7, 11) is -3.56. The molecule has 5 nitrogen and oxygen atoms in total. The molecule has 0 saturated heterocycles. The maximum atomic E-state index is 12.3. The molecule has 0 spiro atoms. The van der Waals surface area contributed by atoms with E-state index in [1.807, 2.05) is 39.0 Å². The lowest BCUT2D eigenvalue weighted by atomic mass is 9.70. The minimum absolute atomic E-state index is 0.0599. The van der Waals surface area contributed by atoms with Crippen molar-refractivity contribution >= 4 is 15.9 Å². The lowest BCUT2D eigenvalue weighted by Crippen LogP contribution is -2.27. The predicted octanol–water partition coefficient (Wildman–Crippen LogP) is 5.69. The topological polar surface area (TPSA) is 69.7 Å². The third kappa shape index (κ3) is 6.12. The molecule has 0 radical (unpaired) electrons. The zero-order valence-corrected chi connectivity index (χ0v) is 21.1. The van der Waals surface area contributed by atoms with E-state index in [-0.39, 0.29) is 17.8 Å². The van der Waals surface area contributed by atoms with Gasteiger partial charge in [-0.1, -0.05) is 65.8 Å². The van der Waals surface area contributed by atoms with E-state index in [2.05, 4.69) is 32.9 Å². The van der Waals surface area contributed by atoms with Crippen molar-refractivity contribution in [1.29, 1.82) is 0 Å². The summed E-state index contributed by atoms with van der Waals surface area (Å²) >= 11 is 0. The minimum atomic E-state index is -3.56. The zero-order valence-electron chi connectivity index (χ0n) is 20.3. The van der Waals surface area contributed by atoms with Crippen molar-refractivity contribution in [3.63, 3.8) is 0 Å². The highest BCUT2D eigenvalue weighted by atomic mass is 32.2. The Hall–Kier alpha value is -2.34. The van der Waals surface area contributed by atoms with Crippen molar-refractivity contribution in [3.8, 4) is 11.5 Å². The monoisotopic (exact) mass is 460 g/mol. The van der Waals surface area contributed by atoms with Gasteiger partial charge in [-0.15, -0.1) is 0 Å². The molecule has 2 aromatic rings. The zero-order chi connectivity index (χ0) is 24.2. The number of hydrogen-bond acceptors (Lipinski definition) is 5. The fourth-order valence-electron chi connectivity index (χ4n) is 3.89. The summed E-state index contributed by atoms with van der Waals surface area (Å²) in [5, 5.41) is 0. The molecule has 0 atom stereocenters. The Morgan fingerprint density at radius 2 is 1.47 bits per heavy atom. The van der Waals surface area contributed by atoms with Crippen molar-refractivity contribution in [2.45, 2.75) is 66.2 Å². The molecule has 2 aromatic carbocycles. The van der Waals surface area contributed by atoms with Crippen molar-refractivity contribution in [2.24, 2.45) is 5.41 Å². The molecule has 0 aliphatic heterocycles. The smallest absolute Gasteiger partial charge is 0.306 e. The second kappa shape index (κ2) is 10.1. The lowest BCUT2D eigenvalue weighted by Gasteiger charge is -2.34. The molecule has 0 unspecified atom stereocenters. The minimum Gasteiger partial charge on any atom is -0.486 e. The average molecular weight is 461 g/mol. The molecule has 0 bridgehead atoms. The highest BCUT2D eigenvalue weighted by Crippen LogP contribution is 2.41. The van der Waals surface area contributed by atoms with E-state index in [1.165, 1.54) is 5.56 Å². The molecule has 0 aromatic heterocycles. The molecule has 0 saturated carbocycles. The van der Waals surface area contributed by atoms with Gasteiger partial charge < -0.3 is 8.92 Å². The third-order valence-corrected chi connectivity index (χ3v) is 6.55. The van der Waals surface area contributed by atoms with E-state index in [0.29, 0.717) is 5.75 Å². The summed E-state index contributed by atoms with van der Waals surface area (Å²) in [4.78, 5) is 12.3. The van der Waals surface area contributed by atoms with Crippen LogP contribution in [0, 0.1) is 5.41 Å². The van der Waals surface area contributed by atoms with Crippen LogP contribution in [0.5, 0.6) is 11.5 Å². The molecular weight excluding hydrogens is 424 g/mol. The Morgan fingerprint density at radius 1 is 0.906 bits per heavy atom. The van der Waals surface area contributed by atoms with Crippen molar-refractivity contribution in [1.82, 2.24) is 0 Å². The van der Waals surface area contributed by atoms with Crippen LogP contribution in [0.2, 0.25) is 0 Å². The van der Waals surface area contributed by atoms with Gasteiger partial charge in [-0.2, -0.15) is 8.42 Å². The van der Waals surface area contributed by atoms with Gasteiger partial charge >= 0.3 is 10.1 Å². The van der Waals surface area contributed by atoms with Crippen LogP contribution in [0.25, 0.3) is 0 Å². The fourth-order valence-corrected chi connectivity index (χ4v) is 4.35. The van der Waals surface area contributed by atoms with Crippen LogP contribution in [0.15, 0.2) is 42.5 Å². The SMILES string of the molecule is CCc1cc(C(CC)(CC)c2ccc(OS(C)(=O)=O)cc2)ccc1OCC(=O)C(C)(C)C. The van der Waals surface area contributed by atoms with Gasteiger partial charge in [0.1, 0.15) is 18.1 Å². The van der Waals surface area contributed by atoms with Crippen LogP contribution in [0.4, 0.5) is 0 Å². The number of ketones is 1. The molecule has 2 rings (SSSR count). The molecule has 176 valence electrons. The van der Waals surface area contributed by atoms with Crippen LogP contribution in [-0.2, 0) is 26.7 Å². The van der Waals surface area contributed by atoms with Crippen LogP contribution < -0.4 is 8.92 Å². The van der Waals surface area contributed by atoms with E-state index in [4.69, 9.17) is 8.92 Å². The normalized spacial score (nSPS) is 12.5. The standard InChI is InChI=1S/C26H36O5S/c1-8-19-17-21(13-16-23(19)30-18-24(27)25(4,5)6)26(9-2,10-3)20-11-14-22(15-12-20)31-32(7,28)29/h11-17H,8-10,18H2,1-7H3. The molecule has 0 N–H and O–H groups in total. The maximum absolute atomic E-state index is 12.3. The Labute approximate surface area is 193 Å². The van der Waals surface area contributed by atoms with Gasteiger partial charge in [0.15, 0.2) is 5.78 Å². The van der Waals surface area contributed by atoms with Gasteiger partial charge in [0.2, 0.25) is 0 Å². The van der Waals surface area contributed by atoms with Crippen LogP contribution >= 0.6 is 0 Å². The maximum Gasteiger partial charge on any atom is 0.306 e. The number of aryl methyl sites for hydroxylation is 1. The van der Waals surface area contributed by atoms with Crippen LogP contribution in [-0.4, -0.2) is 27.1 Å². The molecule has 0 amide bonds. The summed E-state index contributed by atoms with van der Waals surface area (Å²) in [5.41, 5.74) is 2.67. The van der Waals surface area contributed by atoms with Crippen LogP contribution in [0.1, 0.15) is 71.1 Å². The summed E-state index contributed by atoms with van der Waals surface area (Å²) < 4.78 is 33.7. The van der Waals surface area contributed by atoms with Gasteiger partial charge in [0, 0.05) is 10.8 Å². The second-order valence-electron chi connectivity index (χ2n) is 9.24. The molecule has 6 heteroatoms. The molecule has 0 aliphatic rings. The van der Waals surface area contributed by atoms with Crippen LogP contribution in [0.3, 0.4) is 0 Å². The summed E-state index contributed by atoms with van der Waals surface area (Å²) in [5.74, 6) is 1.11. The first-order chi connectivity index (χ1) is 14.9. The summed E-state index contributed by atoms with van der Waals surface area (Å²) in [6, 6.07) is 13.5. The molecular formula is C26H36O5S. The van der Waals surface area contributed by atoms with Gasteiger partial charge in [-0.05, 0) is 54.2 Å². The first-order valence-electron chi connectivity index (χ1n) is 11.2. The predicted molar refractivity (Wildman–Crippen MR) is 129 cm³/mol. The largest absolute Gasteiger partial charge is 0.486 e. The average Bonchev–Trinajstić information content (AvgIpc) is 2.72. The van der Waals surface area contributed by atoms with E-state index in [9.17, 15) is 13.2 Å². The Morgan fingerprint density at radius 3 is 1.94 bits per heavy atom. The summed E-state index contributed by atoms with van der Waals surface area (Å²) in [6.07, 6.45) is 3.58. The fraction of sp³-hybridized carbons (Fsp3) is 0.500. The number of hydrogen-bond donors (Lipinski definition) is 0. The second-order valence-corrected chi connectivity index (χ2v) is 10.8. The van der Waals surface area contributed by atoms with Gasteiger partial charge in [0.05, 0.1) is 6.26 Å². The third-order valence-electron chi connectivity index (χ3n) is 6.05.